The highest BCUT2D eigenvalue weighted by molar-refractivity contribution is 9.10. The monoisotopic (exact) mass is 322 g/mol. The van der Waals surface area contributed by atoms with Gasteiger partial charge in [0.2, 0.25) is 5.91 Å². The molecule has 0 saturated carbocycles. The zero-order valence-electron chi connectivity index (χ0n) is 9.70. The van der Waals surface area contributed by atoms with Crippen LogP contribution in [0.25, 0.3) is 0 Å². The molecule has 6 heteroatoms. The molecule has 3 N–H and O–H groups in total. The summed E-state index contributed by atoms with van der Waals surface area (Å²) in [4.78, 5) is 11.6. The van der Waals surface area contributed by atoms with Gasteiger partial charge in [0, 0.05) is 17.3 Å². The van der Waals surface area contributed by atoms with Crippen LogP contribution in [-0.4, -0.2) is 25.7 Å². The number of amides is 1. The van der Waals surface area contributed by atoms with Crippen molar-refractivity contribution in [3.63, 3.8) is 0 Å². The van der Waals surface area contributed by atoms with Gasteiger partial charge in [-0.15, -0.1) is 12.4 Å². The lowest BCUT2D eigenvalue weighted by Gasteiger charge is -2.13. The summed E-state index contributed by atoms with van der Waals surface area (Å²) in [5.74, 6) is -0.247. The van der Waals surface area contributed by atoms with Gasteiger partial charge < -0.3 is 15.8 Å². The van der Waals surface area contributed by atoms with Crippen LogP contribution < -0.4 is 11.1 Å². The first kappa shape index (κ1) is 16.4. The Bertz CT molecular complexity index is 388. The number of anilines is 1. The predicted octanol–water partition coefficient (Wildman–Crippen LogP) is 2.09. The molecule has 0 bridgehead atoms. The normalized spacial score (nSPS) is 11.5. The predicted molar refractivity (Wildman–Crippen MR) is 74.6 cm³/mol. The van der Waals surface area contributed by atoms with E-state index in [4.69, 9.17) is 10.5 Å². The molecule has 0 spiro atoms. The summed E-state index contributed by atoms with van der Waals surface area (Å²) < 4.78 is 5.77. The number of rotatable bonds is 4. The molecule has 96 valence electrons. The highest BCUT2D eigenvalue weighted by atomic mass is 79.9. The van der Waals surface area contributed by atoms with Crippen LogP contribution in [0.1, 0.15) is 5.56 Å². The van der Waals surface area contributed by atoms with Crippen LogP contribution in [0.3, 0.4) is 0 Å². The topological polar surface area (TPSA) is 64.3 Å². The molecule has 17 heavy (non-hydrogen) atoms. The molecule has 1 aromatic rings. The quantitative estimate of drug-likeness (QED) is 0.892. The molecule has 1 amide bonds. The first-order chi connectivity index (χ1) is 7.56. The van der Waals surface area contributed by atoms with E-state index in [1.807, 2.05) is 25.1 Å². The van der Waals surface area contributed by atoms with Crippen LogP contribution in [0.15, 0.2) is 22.7 Å². The summed E-state index contributed by atoms with van der Waals surface area (Å²) in [5.41, 5.74) is 7.34. The lowest BCUT2D eigenvalue weighted by molar-refractivity contribution is -0.118. The van der Waals surface area contributed by atoms with E-state index >= 15 is 0 Å². The highest BCUT2D eigenvalue weighted by Crippen LogP contribution is 2.23. The van der Waals surface area contributed by atoms with Crippen molar-refractivity contribution in [1.82, 2.24) is 0 Å². The van der Waals surface area contributed by atoms with E-state index in [0.29, 0.717) is 0 Å². The van der Waals surface area contributed by atoms with E-state index in [1.165, 1.54) is 7.11 Å². The third-order valence-corrected chi connectivity index (χ3v) is 3.07. The number of ether oxygens (including phenoxy) is 1. The Labute approximate surface area is 115 Å². The van der Waals surface area contributed by atoms with Crippen LogP contribution in [0.4, 0.5) is 5.69 Å². The van der Waals surface area contributed by atoms with Gasteiger partial charge >= 0.3 is 0 Å². The number of nitrogens with one attached hydrogen (secondary N) is 1. The zero-order valence-corrected chi connectivity index (χ0v) is 12.1. The summed E-state index contributed by atoms with van der Waals surface area (Å²) >= 11 is 3.40. The average molecular weight is 324 g/mol. The fraction of sp³-hybridized carbons (Fsp3) is 0.364. The molecular weight excluding hydrogens is 307 g/mol. The summed E-state index contributed by atoms with van der Waals surface area (Å²) in [6.07, 6.45) is 0. The molecule has 0 aliphatic rings. The average Bonchev–Trinajstić information content (AvgIpc) is 2.25. The van der Waals surface area contributed by atoms with Crippen molar-refractivity contribution < 1.29 is 9.53 Å². The Kier molecular flexibility index (Phi) is 7.38. The molecule has 0 aliphatic heterocycles. The number of nitrogens with two attached hydrogens (primary N) is 1. The summed E-state index contributed by atoms with van der Waals surface area (Å²) in [6, 6.07) is 4.95. The van der Waals surface area contributed by atoms with Crippen LogP contribution in [0.2, 0.25) is 0 Å². The number of carbonyl (C=O) groups is 1. The minimum atomic E-state index is -0.650. The second-order valence-electron chi connectivity index (χ2n) is 3.46. The van der Waals surface area contributed by atoms with Crippen molar-refractivity contribution in [2.75, 3.05) is 19.0 Å². The number of hydrogen-bond acceptors (Lipinski definition) is 3. The minimum absolute atomic E-state index is 0. The summed E-state index contributed by atoms with van der Waals surface area (Å²) in [5, 5.41) is 2.76. The maximum Gasteiger partial charge on any atom is 0.243 e. The molecule has 1 atom stereocenters. The molecule has 4 nitrogen and oxygen atoms in total. The smallest absolute Gasteiger partial charge is 0.243 e. The highest BCUT2D eigenvalue weighted by Gasteiger charge is 2.14. The Morgan fingerprint density at radius 2 is 2.24 bits per heavy atom. The second-order valence-corrected chi connectivity index (χ2v) is 4.32. The lowest BCUT2D eigenvalue weighted by Crippen LogP contribution is -2.39. The van der Waals surface area contributed by atoms with Gasteiger partial charge in [0.05, 0.1) is 6.61 Å². The van der Waals surface area contributed by atoms with Crippen molar-refractivity contribution in [2.24, 2.45) is 5.73 Å². The van der Waals surface area contributed by atoms with Gasteiger partial charge in [-0.1, -0.05) is 22.0 Å². The molecular formula is C11H16BrClN2O2. The SMILES string of the molecule is COCC(N)C(=O)Nc1cccc(Br)c1C.Cl. The standard InChI is InChI=1S/C11H15BrN2O2.ClH/c1-7-8(12)4-3-5-10(7)14-11(15)9(13)6-16-2;/h3-5,9H,6,13H2,1-2H3,(H,14,15);1H. The van der Waals surface area contributed by atoms with Gasteiger partial charge in [0.1, 0.15) is 6.04 Å². The maximum absolute atomic E-state index is 11.6. The van der Waals surface area contributed by atoms with Gasteiger partial charge in [-0.3, -0.25) is 4.79 Å². The van der Waals surface area contributed by atoms with E-state index in [2.05, 4.69) is 21.2 Å². The van der Waals surface area contributed by atoms with Gasteiger partial charge in [0.15, 0.2) is 0 Å². The van der Waals surface area contributed by atoms with Gasteiger partial charge in [0.25, 0.3) is 0 Å². The van der Waals surface area contributed by atoms with E-state index in [0.717, 1.165) is 15.7 Å². The van der Waals surface area contributed by atoms with Gasteiger partial charge in [-0.05, 0) is 24.6 Å². The van der Waals surface area contributed by atoms with E-state index in [9.17, 15) is 4.79 Å². The summed E-state index contributed by atoms with van der Waals surface area (Å²) in [6.45, 7) is 2.13. The fourth-order valence-electron chi connectivity index (χ4n) is 1.22. The zero-order chi connectivity index (χ0) is 12.1. The molecule has 0 radical (unpaired) electrons. The van der Waals surface area contributed by atoms with Crippen molar-refractivity contribution in [2.45, 2.75) is 13.0 Å². The number of methoxy groups -OCH3 is 1. The molecule has 1 rings (SSSR count). The van der Waals surface area contributed by atoms with Crippen LogP contribution in [0.5, 0.6) is 0 Å². The molecule has 0 aromatic heterocycles. The number of hydrogen-bond donors (Lipinski definition) is 2. The van der Waals surface area contributed by atoms with Crippen LogP contribution in [-0.2, 0) is 9.53 Å². The largest absolute Gasteiger partial charge is 0.383 e. The van der Waals surface area contributed by atoms with Gasteiger partial charge in [-0.25, -0.2) is 0 Å². The van der Waals surface area contributed by atoms with Crippen molar-refractivity contribution in [3.8, 4) is 0 Å². The van der Waals surface area contributed by atoms with E-state index in [1.54, 1.807) is 0 Å². The Hall–Kier alpha value is -0.620. The van der Waals surface area contributed by atoms with Crippen LogP contribution in [0, 0.1) is 6.92 Å². The summed E-state index contributed by atoms with van der Waals surface area (Å²) in [7, 11) is 1.51. The van der Waals surface area contributed by atoms with Gasteiger partial charge in [-0.2, -0.15) is 0 Å². The molecule has 0 aliphatic carbocycles. The third kappa shape index (κ3) is 4.63. The van der Waals surface area contributed by atoms with Crippen molar-refractivity contribution in [1.29, 1.82) is 0 Å². The second kappa shape index (κ2) is 7.66. The molecule has 1 aromatic carbocycles. The third-order valence-electron chi connectivity index (χ3n) is 2.21. The molecule has 0 heterocycles. The number of benzene rings is 1. The molecule has 0 saturated heterocycles. The fourth-order valence-corrected chi connectivity index (χ4v) is 1.59. The van der Waals surface area contributed by atoms with Crippen molar-refractivity contribution in [3.05, 3.63) is 28.2 Å². The van der Waals surface area contributed by atoms with Crippen LogP contribution >= 0.6 is 28.3 Å². The first-order valence-electron chi connectivity index (χ1n) is 4.86. The van der Waals surface area contributed by atoms with E-state index in [-0.39, 0.29) is 24.9 Å². The molecule has 0 fully saturated rings. The maximum atomic E-state index is 11.6. The first-order valence-corrected chi connectivity index (χ1v) is 5.66. The number of carbonyl (C=O) groups excluding carboxylic acids is 1. The Balaban J connectivity index is 0.00000256. The Morgan fingerprint density at radius 1 is 1.59 bits per heavy atom. The Morgan fingerprint density at radius 3 is 2.82 bits per heavy atom. The molecule has 1 unspecified atom stereocenters. The minimum Gasteiger partial charge on any atom is -0.383 e. The lowest BCUT2D eigenvalue weighted by atomic mass is 10.2. The van der Waals surface area contributed by atoms with E-state index < -0.39 is 6.04 Å². The number of halogens is 2. The van der Waals surface area contributed by atoms with Crippen molar-refractivity contribution >= 4 is 39.9 Å².